The van der Waals surface area contributed by atoms with Crippen LogP contribution in [0.15, 0.2) is 42.7 Å². The van der Waals surface area contributed by atoms with E-state index in [1.807, 2.05) is 6.07 Å². The summed E-state index contributed by atoms with van der Waals surface area (Å²) in [5.74, 6) is 1.25. The Balaban J connectivity index is 1.55. The quantitative estimate of drug-likeness (QED) is 0.925. The fraction of sp³-hybridized carbons (Fsp3) is 0.214. The van der Waals surface area contributed by atoms with Gasteiger partial charge in [0, 0.05) is 0 Å². The van der Waals surface area contributed by atoms with Crippen LogP contribution in [0, 0.1) is 0 Å². The van der Waals surface area contributed by atoms with Gasteiger partial charge in [0.15, 0.2) is 5.82 Å². The summed E-state index contributed by atoms with van der Waals surface area (Å²) in [6, 6.07) is 8.80. The molecule has 2 aromatic rings. The number of carbonyl (C=O) groups excluding carboxylic acids is 1. The second kappa shape index (κ2) is 5.56. The lowest BCUT2D eigenvalue weighted by Gasteiger charge is -2.06. The van der Waals surface area contributed by atoms with E-state index < -0.39 is 6.09 Å². The summed E-state index contributed by atoms with van der Waals surface area (Å²) in [4.78, 5) is 19.7. The molecule has 1 aromatic heterocycles. The minimum Gasteiger partial charge on any atom is -0.473 e. The number of carbonyl (C=O) groups is 1. The predicted molar refractivity (Wildman–Crippen MR) is 71.8 cm³/mol. The van der Waals surface area contributed by atoms with Crippen LogP contribution in [0.4, 0.5) is 10.6 Å². The zero-order chi connectivity index (χ0) is 13.8. The molecule has 1 N–H and O–H groups in total. The normalized spacial score (nSPS) is 13.6. The molecule has 1 aromatic carbocycles. The molecule has 1 fully saturated rings. The molecule has 20 heavy (non-hydrogen) atoms. The van der Waals surface area contributed by atoms with Gasteiger partial charge in [-0.15, -0.1) is 0 Å². The monoisotopic (exact) mass is 271 g/mol. The summed E-state index contributed by atoms with van der Waals surface area (Å²) in [7, 11) is 0. The number of nitrogens with zero attached hydrogens (tertiary/aromatic N) is 2. The number of hydrogen-bond acceptors (Lipinski definition) is 5. The van der Waals surface area contributed by atoms with E-state index in [0.29, 0.717) is 17.4 Å². The van der Waals surface area contributed by atoms with Crippen LogP contribution >= 0.6 is 0 Å². The van der Waals surface area contributed by atoms with Crippen LogP contribution in [-0.4, -0.2) is 22.2 Å². The number of benzene rings is 1. The maximum absolute atomic E-state index is 11.6. The number of amides is 1. The number of rotatable bonds is 4. The standard InChI is InChI=1S/C14H13N3O3/c18-14(20-10-4-2-1-3-5-10)17-12-8-16-13(9-15-12)19-11-6-7-11/h1-5,8-9,11H,6-7H2,(H,15,17,18). The molecular formula is C14H13N3O3. The fourth-order valence-electron chi connectivity index (χ4n) is 1.52. The van der Waals surface area contributed by atoms with Gasteiger partial charge in [0.1, 0.15) is 11.9 Å². The van der Waals surface area contributed by atoms with Gasteiger partial charge in [-0.3, -0.25) is 5.32 Å². The maximum Gasteiger partial charge on any atom is 0.418 e. The van der Waals surface area contributed by atoms with E-state index in [2.05, 4.69) is 15.3 Å². The van der Waals surface area contributed by atoms with E-state index in [1.54, 1.807) is 24.3 Å². The number of aromatic nitrogens is 2. The summed E-state index contributed by atoms with van der Waals surface area (Å²) in [6.45, 7) is 0. The van der Waals surface area contributed by atoms with Crippen molar-refractivity contribution in [1.29, 1.82) is 0 Å². The second-order valence-electron chi connectivity index (χ2n) is 4.38. The summed E-state index contributed by atoms with van der Waals surface area (Å²) in [5, 5.41) is 2.50. The number of ether oxygens (including phenoxy) is 2. The third-order valence-electron chi connectivity index (χ3n) is 2.62. The topological polar surface area (TPSA) is 73.3 Å². The average molecular weight is 271 g/mol. The van der Waals surface area contributed by atoms with Gasteiger partial charge in [0.05, 0.1) is 12.4 Å². The van der Waals surface area contributed by atoms with Gasteiger partial charge >= 0.3 is 6.09 Å². The van der Waals surface area contributed by atoms with Crippen LogP contribution in [0.1, 0.15) is 12.8 Å². The Kier molecular flexibility index (Phi) is 3.45. The molecule has 0 aliphatic heterocycles. The van der Waals surface area contributed by atoms with Crippen molar-refractivity contribution in [2.24, 2.45) is 0 Å². The fourth-order valence-corrected chi connectivity index (χ4v) is 1.52. The van der Waals surface area contributed by atoms with E-state index in [4.69, 9.17) is 9.47 Å². The van der Waals surface area contributed by atoms with Crippen LogP contribution in [0.25, 0.3) is 0 Å². The Morgan fingerprint density at radius 1 is 1.15 bits per heavy atom. The Morgan fingerprint density at radius 2 is 1.95 bits per heavy atom. The highest BCUT2D eigenvalue weighted by atomic mass is 16.6. The van der Waals surface area contributed by atoms with Crippen molar-refractivity contribution in [3.05, 3.63) is 42.7 Å². The average Bonchev–Trinajstić information content (AvgIpc) is 3.26. The number of anilines is 1. The van der Waals surface area contributed by atoms with Crippen LogP contribution in [-0.2, 0) is 0 Å². The Morgan fingerprint density at radius 3 is 2.60 bits per heavy atom. The third kappa shape index (κ3) is 3.44. The molecular weight excluding hydrogens is 258 g/mol. The van der Waals surface area contributed by atoms with Crippen molar-refractivity contribution >= 4 is 11.9 Å². The Bertz CT molecular complexity index is 582. The lowest BCUT2D eigenvalue weighted by molar-refractivity contribution is 0.215. The molecule has 0 unspecified atom stereocenters. The molecule has 0 radical (unpaired) electrons. The molecule has 1 saturated carbocycles. The minimum absolute atomic E-state index is 0.270. The van der Waals surface area contributed by atoms with Gasteiger partial charge in [-0.1, -0.05) is 18.2 Å². The van der Waals surface area contributed by atoms with Crippen LogP contribution in [0.2, 0.25) is 0 Å². The molecule has 102 valence electrons. The Hall–Kier alpha value is -2.63. The second-order valence-corrected chi connectivity index (χ2v) is 4.38. The first-order valence-corrected chi connectivity index (χ1v) is 6.32. The first-order chi connectivity index (χ1) is 9.79. The molecule has 0 atom stereocenters. The largest absolute Gasteiger partial charge is 0.473 e. The summed E-state index contributed by atoms with van der Waals surface area (Å²) in [6.07, 6.45) is 4.70. The molecule has 0 saturated heterocycles. The summed E-state index contributed by atoms with van der Waals surface area (Å²) in [5.41, 5.74) is 0. The third-order valence-corrected chi connectivity index (χ3v) is 2.62. The van der Waals surface area contributed by atoms with Crippen molar-refractivity contribution in [2.75, 3.05) is 5.32 Å². The SMILES string of the molecule is O=C(Nc1cnc(OC2CC2)cn1)Oc1ccccc1. The Labute approximate surface area is 115 Å². The van der Waals surface area contributed by atoms with E-state index in [1.165, 1.54) is 12.4 Å². The lowest BCUT2D eigenvalue weighted by Crippen LogP contribution is -2.17. The van der Waals surface area contributed by atoms with Crippen molar-refractivity contribution in [2.45, 2.75) is 18.9 Å². The molecule has 6 nitrogen and oxygen atoms in total. The van der Waals surface area contributed by atoms with Gasteiger partial charge in [-0.25, -0.2) is 14.8 Å². The highest BCUT2D eigenvalue weighted by molar-refractivity contribution is 5.84. The van der Waals surface area contributed by atoms with Crippen molar-refractivity contribution in [3.8, 4) is 11.6 Å². The maximum atomic E-state index is 11.6. The molecule has 0 spiro atoms. The predicted octanol–water partition coefficient (Wildman–Crippen LogP) is 2.63. The van der Waals surface area contributed by atoms with E-state index in [9.17, 15) is 4.79 Å². The van der Waals surface area contributed by atoms with Crippen LogP contribution in [0.5, 0.6) is 11.6 Å². The van der Waals surface area contributed by atoms with E-state index >= 15 is 0 Å². The summed E-state index contributed by atoms with van der Waals surface area (Å²) >= 11 is 0. The molecule has 0 bridgehead atoms. The van der Waals surface area contributed by atoms with Crippen LogP contribution in [0.3, 0.4) is 0 Å². The molecule has 1 heterocycles. The molecule has 6 heteroatoms. The highest BCUT2D eigenvalue weighted by Gasteiger charge is 2.24. The molecule has 1 aliphatic rings. The molecule has 3 rings (SSSR count). The smallest absolute Gasteiger partial charge is 0.418 e. The lowest BCUT2D eigenvalue weighted by atomic mass is 10.3. The number of hydrogen-bond donors (Lipinski definition) is 1. The minimum atomic E-state index is -0.610. The van der Waals surface area contributed by atoms with Crippen molar-refractivity contribution in [3.63, 3.8) is 0 Å². The highest BCUT2D eigenvalue weighted by Crippen LogP contribution is 2.25. The first-order valence-electron chi connectivity index (χ1n) is 6.32. The van der Waals surface area contributed by atoms with Gasteiger partial charge in [0.2, 0.25) is 5.88 Å². The number of para-hydroxylation sites is 1. The summed E-state index contributed by atoms with van der Waals surface area (Å²) < 4.78 is 10.5. The zero-order valence-corrected chi connectivity index (χ0v) is 10.7. The molecule has 1 amide bonds. The van der Waals surface area contributed by atoms with Crippen molar-refractivity contribution < 1.29 is 14.3 Å². The van der Waals surface area contributed by atoms with Gasteiger partial charge in [-0.05, 0) is 25.0 Å². The molecule has 1 aliphatic carbocycles. The van der Waals surface area contributed by atoms with Crippen molar-refractivity contribution in [1.82, 2.24) is 9.97 Å². The zero-order valence-electron chi connectivity index (χ0n) is 10.7. The van der Waals surface area contributed by atoms with Gasteiger partial charge < -0.3 is 9.47 Å². The van der Waals surface area contributed by atoms with E-state index in [0.717, 1.165) is 12.8 Å². The van der Waals surface area contributed by atoms with Gasteiger partial charge in [-0.2, -0.15) is 0 Å². The van der Waals surface area contributed by atoms with Gasteiger partial charge in [0.25, 0.3) is 0 Å². The van der Waals surface area contributed by atoms with E-state index in [-0.39, 0.29) is 6.10 Å². The first kappa shape index (κ1) is 12.4. The number of nitrogens with one attached hydrogen (secondary N) is 1. The van der Waals surface area contributed by atoms with Crippen LogP contribution < -0.4 is 14.8 Å².